The first-order valence-corrected chi connectivity index (χ1v) is 12.1. The van der Waals surface area contributed by atoms with Crippen molar-refractivity contribution in [2.24, 2.45) is 0 Å². The SMILES string of the molecule is CCOc1ccc(NS(=O)(=O)c2ccc(Cl)c(C(=O)NCCc3ccc(OC)cc3)c2)cc1. The highest BCUT2D eigenvalue weighted by Gasteiger charge is 2.19. The Morgan fingerprint density at radius 2 is 1.64 bits per heavy atom. The maximum atomic E-state index is 12.8. The zero-order chi connectivity index (χ0) is 23.8. The summed E-state index contributed by atoms with van der Waals surface area (Å²) in [5, 5.41) is 2.94. The first kappa shape index (κ1) is 24.4. The molecular weight excluding hydrogens is 464 g/mol. The fraction of sp³-hybridized carbons (Fsp3) is 0.208. The summed E-state index contributed by atoms with van der Waals surface area (Å²) in [6, 6.07) is 18.1. The second-order valence-corrected chi connectivity index (χ2v) is 9.15. The van der Waals surface area contributed by atoms with Crippen LogP contribution in [0.4, 0.5) is 5.69 Å². The number of amides is 1. The van der Waals surface area contributed by atoms with Crippen molar-refractivity contribution >= 4 is 33.2 Å². The highest BCUT2D eigenvalue weighted by Crippen LogP contribution is 2.24. The molecule has 2 N–H and O–H groups in total. The molecule has 0 radical (unpaired) electrons. The molecule has 7 nitrogen and oxygen atoms in total. The van der Waals surface area contributed by atoms with Crippen LogP contribution < -0.4 is 19.5 Å². The Kier molecular flexibility index (Phi) is 8.19. The Hall–Kier alpha value is -3.23. The number of methoxy groups -OCH3 is 1. The van der Waals surface area contributed by atoms with Gasteiger partial charge in [0.05, 0.1) is 29.2 Å². The molecule has 0 aliphatic heterocycles. The Labute approximate surface area is 198 Å². The summed E-state index contributed by atoms with van der Waals surface area (Å²) in [6.07, 6.45) is 0.602. The van der Waals surface area contributed by atoms with Gasteiger partial charge in [0.2, 0.25) is 0 Å². The summed E-state index contributed by atoms with van der Waals surface area (Å²) in [4.78, 5) is 12.6. The van der Waals surface area contributed by atoms with E-state index in [-0.39, 0.29) is 15.5 Å². The Morgan fingerprint density at radius 3 is 2.27 bits per heavy atom. The molecule has 0 heterocycles. The number of nitrogens with one attached hydrogen (secondary N) is 2. The second-order valence-electron chi connectivity index (χ2n) is 7.06. The topological polar surface area (TPSA) is 93.7 Å². The van der Waals surface area contributed by atoms with Crippen LogP contribution in [0, 0.1) is 0 Å². The number of halogens is 1. The predicted molar refractivity (Wildman–Crippen MR) is 129 cm³/mol. The number of hydrogen-bond donors (Lipinski definition) is 2. The van der Waals surface area contributed by atoms with Crippen LogP contribution in [-0.4, -0.2) is 34.6 Å². The molecule has 3 aromatic carbocycles. The van der Waals surface area contributed by atoms with Crippen molar-refractivity contribution in [3.05, 3.63) is 82.9 Å². The number of carbonyl (C=O) groups is 1. The van der Waals surface area contributed by atoms with Crippen LogP contribution in [0.3, 0.4) is 0 Å². The van der Waals surface area contributed by atoms with Gasteiger partial charge in [0.1, 0.15) is 11.5 Å². The lowest BCUT2D eigenvalue weighted by Crippen LogP contribution is -2.26. The van der Waals surface area contributed by atoms with Gasteiger partial charge in [0, 0.05) is 12.2 Å². The molecule has 33 heavy (non-hydrogen) atoms. The fourth-order valence-electron chi connectivity index (χ4n) is 3.05. The Balaban J connectivity index is 1.67. The lowest BCUT2D eigenvalue weighted by Gasteiger charge is -2.12. The van der Waals surface area contributed by atoms with E-state index in [2.05, 4.69) is 10.0 Å². The van der Waals surface area contributed by atoms with Crippen LogP contribution >= 0.6 is 11.6 Å². The zero-order valence-corrected chi connectivity index (χ0v) is 19.9. The van der Waals surface area contributed by atoms with Gasteiger partial charge in [-0.25, -0.2) is 8.42 Å². The summed E-state index contributed by atoms with van der Waals surface area (Å²) in [6.45, 7) is 2.74. The maximum Gasteiger partial charge on any atom is 0.261 e. The highest BCUT2D eigenvalue weighted by molar-refractivity contribution is 7.92. The smallest absolute Gasteiger partial charge is 0.261 e. The third kappa shape index (κ3) is 6.63. The average Bonchev–Trinajstić information content (AvgIpc) is 2.81. The quantitative estimate of drug-likeness (QED) is 0.437. The third-order valence-electron chi connectivity index (χ3n) is 4.77. The summed E-state index contributed by atoms with van der Waals surface area (Å²) in [5.41, 5.74) is 1.48. The van der Waals surface area contributed by atoms with Gasteiger partial charge >= 0.3 is 0 Å². The number of anilines is 1. The molecule has 0 aliphatic carbocycles. The van der Waals surface area contributed by atoms with Crippen LogP contribution in [0.15, 0.2) is 71.6 Å². The van der Waals surface area contributed by atoms with Gasteiger partial charge in [-0.3, -0.25) is 9.52 Å². The molecule has 0 aromatic heterocycles. The van der Waals surface area contributed by atoms with E-state index in [1.807, 2.05) is 31.2 Å². The Morgan fingerprint density at radius 1 is 0.970 bits per heavy atom. The van der Waals surface area contributed by atoms with Crippen molar-refractivity contribution < 1.29 is 22.7 Å². The molecular formula is C24H25ClN2O5S. The van der Waals surface area contributed by atoms with Gasteiger partial charge in [0.15, 0.2) is 0 Å². The van der Waals surface area contributed by atoms with Crippen molar-refractivity contribution in [1.29, 1.82) is 0 Å². The Bertz CT molecular complexity index is 1200. The van der Waals surface area contributed by atoms with Gasteiger partial charge in [0.25, 0.3) is 15.9 Å². The number of sulfonamides is 1. The first-order valence-electron chi connectivity index (χ1n) is 10.3. The molecule has 0 unspecified atom stereocenters. The van der Waals surface area contributed by atoms with E-state index in [1.54, 1.807) is 31.4 Å². The lowest BCUT2D eigenvalue weighted by molar-refractivity contribution is 0.0954. The predicted octanol–water partition coefficient (Wildman–Crippen LogP) is 4.52. The van der Waals surface area contributed by atoms with Gasteiger partial charge in [-0.1, -0.05) is 23.7 Å². The standard InChI is InChI=1S/C24H25ClN2O5S/c1-3-32-20-10-6-18(7-11-20)27-33(29,30)21-12-13-23(25)22(16-21)24(28)26-15-14-17-4-8-19(31-2)9-5-17/h4-13,16,27H,3,14-15H2,1-2H3,(H,26,28). The van der Waals surface area contributed by atoms with Gasteiger partial charge < -0.3 is 14.8 Å². The summed E-state index contributed by atoms with van der Waals surface area (Å²) < 4.78 is 38.6. The minimum atomic E-state index is -3.92. The summed E-state index contributed by atoms with van der Waals surface area (Å²) in [7, 11) is -2.32. The van der Waals surface area contributed by atoms with Crippen molar-refractivity contribution in [3.8, 4) is 11.5 Å². The molecule has 3 aromatic rings. The minimum absolute atomic E-state index is 0.0684. The van der Waals surface area contributed by atoms with Crippen LogP contribution in [0.1, 0.15) is 22.8 Å². The van der Waals surface area contributed by atoms with Crippen molar-refractivity contribution in [1.82, 2.24) is 5.32 Å². The van der Waals surface area contributed by atoms with Crippen LogP contribution in [0.2, 0.25) is 5.02 Å². The van der Waals surface area contributed by atoms with Crippen LogP contribution in [-0.2, 0) is 16.4 Å². The lowest BCUT2D eigenvalue weighted by atomic mass is 10.1. The number of ether oxygens (including phenoxy) is 2. The van der Waals surface area contributed by atoms with E-state index in [1.165, 1.54) is 18.2 Å². The first-order chi connectivity index (χ1) is 15.8. The molecule has 0 saturated heterocycles. The fourth-order valence-corrected chi connectivity index (χ4v) is 4.34. The molecule has 174 valence electrons. The van der Waals surface area contributed by atoms with Crippen molar-refractivity contribution in [2.75, 3.05) is 25.0 Å². The zero-order valence-electron chi connectivity index (χ0n) is 18.3. The van der Waals surface area contributed by atoms with E-state index in [0.717, 1.165) is 11.3 Å². The molecule has 9 heteroatoms. The van der Waals surface area contributed by atoms with E-state index in [0.29, 0.717) is 31.0 Å². The third-order valence-corrected chi connectivity index (χ3v) is 6.48. The molecule has 3 rings (SSSR count). The van der Waals surface area contributed by atoms with E-state index < -0.39 is 15.9 Å². The number of carbonyl (C=O) groups excluding carboxylic acids is 1. The molecule has 0 aliphatic rings. The van der Waals surface area contributed by atoms with E-state index in [4.69, 9.17) is 21.1 Å². The van der Waals surface area contributed by atoms with Crippen LogP contribution in [0.25, 0.3) is 0 Å². The van der Waals surface area contributed by atoms with Gasteiger partial charge in [-0.2, -0.15) is 0 Å². The molecule has 1 amide bonds. The van der Waals surface area contributed by atoms with Gasteiger partial charge in [-0.15, -0.1) is 0 Å². The maximum absolute atomic E-state index is 12.8. The molecule has 0 bridgehead atoms. The monoisotopic (exact) mass is 488 g/mol. The van der Waals surface area contributed by atoms with E-state index >= 15 is 0 Å². The molecule has 0 atom stereocenters. The number of benzene rings is 3. The second kappa shape index (κ2) is 11.1. The normalized spacial score (nSPS) is 11.0. The molecule has 0 fully saturated rings. The molecule has 0 spiro atoms. The van der Waals surface area contributed by atoms with Crippen molar-refractivity contribution in [2.45, 2.75) is 18.2 Å². The largest absolute Gasteiger partial charge is 0.497 e. The van der Waals surface area contributed by atoms with Gasteiger partial charge in [-0.05, 0) is 73.5 Å². The summed E-state index contributed by atoms with van der Waals surface area (Å²) >= 11 is 6.17. The molecule has 0 saturated carbocycles. The van der Waals surface area contributed by atoms with Crippen molar-refractivity contribution in [3.63, 3.8) is 0 Å². The average molecular weight is 489 g/mol. The van der Waals surface area contributed by atoms with Crippen LogP contribution in [0.5, 0.6) is 11.5 Å². The number of hydrogen-bond acceptors (Lipinski definition) is 5. The van der Waals surface area contributed by atoms with E-state index in [9.17, 15) is 13.2 Å². The summed E-state index contributed by atoms with van der Waals surface area (Å²) in [5.74, 6) is 0.943. The minimum Gasteiger partial charge on any atom is -0.497 e. The highest BCUT2D eigenvalue weighted by atomic mass is 35.5. The number of rotatable bonds is 10.